The molecule has 4 rings (SSSR count). The molecule has 1 aliphatic rings. The van der Waals surface area contributed by atoms with Gasteiger partial charge in [-0.15, -0.1) is 5.10 Å². The van der Waals surface area contributed by atoms with Crippen molar-refractivity contribution in [1.29, 1.82) is 0 Å². The lowest BCUT2D eigenvalue weighted by Gasteiger charge is -2.12. The van der Waals surface area contributed by atoms with Crippen LogP contribution >= 0.6 is 11.6 Å². The van der Waals surface area contributed by atoms with E-state index in [2.05, 4.69) is 10.3 Å². The number of nitrogens with one attached hydrogen (secondary N) is 1. The summed E-state index contributed by atoms with van der Waals surface area (Å²) in [6, 6.07) is 12.3. The SMILES string of the molecule is CC(C)O.Clc1cccc(-c2cnc3ccc(NC4CCCC4)nn23)c1. The van der Waals surface area contributed by atoms with E-state index in [1.165, 1.54) is 25.7 Å². The van der Waals surface area contributed by atoms with Crippen LogP contribution in [-0.2, 0) is 0 Å². The summed E-state index contributed by atoms with van der Waals surface area (Å²) in [5, 5.41) is 17.0. The number of aromatic nitrogens is 3. The molecule has 1 aromatic carbocycles. The largest absolute Gasteiger partial charge is 0.394 e. The molecule has 0 aliphatic heterocycles. The molecule has 0 spiro atoms. The minimum Gasteiger partial charge on any atom is -0.394 e. The predicted octanol–water partition coefficient (Wildman–Crippen LogP) is 4.79. The molecule has 0 atom stereocenters. The topological polar surface area (TPSA) is 62.5 Å². The fourth-order valence-electron chi connectivity index (χ4n) is 3.07. The lowest BCUT2D eigenvalue weighted by Crippen LogP contribution is -2.16. The maximum atomic E-state index is 8.06. The van der Waals surface area contributed by atoms with Gasteiger partial charge in [-0.25, -0.2) is 9.50 Å². The standard InChI is InChI=1S/C17H17ClN4.C3H8O/c18-13-5-3-4-12(10-13)15-11-19-17-9-8-16(21-22(15)17)20-14-6-1-2-7-14;1-3(2)4/h3-5,8-11,14H,1-2,6-7H2,(H,20,21);3-4H,1-2H3. The van der Waals surface area contributed by atoms with Gasteiger partial charge >= 0.3 is 0 Å². The number of hydrogen-bond donors (Lipinski definition) is 2. The molecule has 6 heteroatoms. The Hall–Kier alpha value is -2.11. The number of nitrogens with zero attached hydrogens (tertiary/aromatic N) is 3. The van der Waals surface area contributed by atoms with E-state index in [-0.39, 0.29) is 6.10 Å². The van der Waals surface area contributed by atoms with E-state index >= 15 is 0 Å². The third-order valence-electron chi connectivity index (χ3n) is 4.19. The van der Waals surface area contributed by atoms with Crippen molar-refractivity contribution in [2.45, 2.75) is 51.7 Å². The average Bonchev–Trinajstić information content (AvgIpc) is 3.23. The van der Waals surface area contributed by atoms with Crippen molar-refractivity contribution >= 4 is 23.1 Å². The van der Waals surface area contributed by atoms with Gasteiger partial charge in [0, 0.05) is 22.7 Å². The van der Waals surface area contributed by atoms with Gasteiger partial charge < -0.3 is 10.4 Å². The number of halogens is 1. The van der Waals surface area contributed by atoms with Gasteiger partial charge in [0.05, 0.1) is 11.9 Å². The lowest BCUT2D eigenvalue weighted by molar-refractivity contribution is 0.216. The predicted molar refractivity (Wildman–Crippen MR) is 107 cm³/mol. The molecule has 138 valence electrons. The van der Waals surface area contributed by atoms with E-state index < -0.39 is 0 Å². The van der Waals surface area contributed by atoms with Gasteiger partial charge in [0.1, 0.15) is 5.82 Å². The van der Waals surface area contributed by atoms with Gasteiger partial charge in [-0.3, -0.25) is 0 Å². The molecule has 2 aromatic heterocycles. The Bertz CT molecular complexity index is 853. The third-order valence-corrected chi connectivity index (χ3v) is 4.42. The van der Waals surface area contributed by atoms with E-state index in [1.54, 1.807) is 13.8 Å². The van der Waals surface area contributed by atoms with Crippen LogP contribution in [0.4, 0.5) is 5.82 Å². The first-order valence-corrected chi connectivity index (χ1v) is 9.46. The molecule has 26 heavy (non-hydrogen) atoms. The Balaban J connectivity index is 0.000000447. The maximum Gasteiger partial charge on any atom is 0.154 e. The zero-order valence-corrected chi connectivity index (χ0v) is 15.9. The lowest BCUT2D eigenvalue weighted by atomic mass is 10.2. The molecule has 0 amide bonds. The second-order valence-electron chi connectivity index (χ2n) is 6.86. The summed E-state index contributed by atoms with van der Waals surface area (Å²) in [5.74, 6) is 0.903. The first-order chi connectivity index (χ1) is 12.5. The van der Waals surface area contributed by atoms with Crippen LogP contribution in [-0.4, -0.2) is 31.9 Å². The summed E-state index contributed by atoms with van der Waals surface area (Å²) < 4.78 is 1.88. The van der Waals surface area contributed by atoms with Crippen molar-refractivity contribution in [3.8, 4) is 11.3 Å². The molecule has 5 nitrogen and oxygen atoms in total. The van der Waals surface area contributed by atoms with Crippen molar-refractivity contribution in [2.24, 2.45) is 0 Å². The number of fused-ring (bicyclic) bond motifs is 1. The Morgan fingerprint density at radius 2 is 1.92 bits per heavy atom. The maximum absolute atomic E-state index is 8.06. The summed E-state index contributed by atoms with van der Waals surface area (Å²) in [5.41, 5.74) is 2.81. The van der Waals surface area contributed by atoms with Crippen LogP contribution in [0.5, 0.6) is 0 Å². The number of imidazole rings is 1. The van der Waals surface area contributed by atoms with Crippen LogP contribution in [0, 0.1) is 0 Å². The van der Waals surface area contributed by atoms with E-state index in [0.717, 1.165) is 22.7 Å². The Morgan fingerprint density at radius 1 is 1.19 bits per heavy atom. The van der Waals surface area contributed by atoms with E-state index in [4.69, 9.17) is 21.8 Å². The summed E-state index contributed by atoms with van der Waals surface area (Å²) in [7, 11) is 0. The van der Waals surface area contributed by atoms with Gasteiger partial charge in [0.25, 0.3) is 0 Å². The van der Waals surface area contributed by atoms with E-state index in [9.17, 15) is 0 Å². The Morgan fingerprint density at radius 3 is 2.62 bits per heavy atom. The average molecular weight is 373 g/mol. The zero-order chi connectivity index (χ0) is 18.5. The van der Waals surface area contributed by atoms with Crippen LogP contribution < -0.4 is 5.32 Å². The Kier molecular flexibility index (Phi) is 6.12. The highest BCUT2D eigenvalue weighted by Crippen LogP contribution is 2.25. The van der Waals surface area contributed by atoms with Crippen molar-refractivity contribution in [3.63, 3.8) is 0 Å². The van der Waals surface area contributed by atoms with Crippen LogP contribution in [0.2, 0.25) is 5.02 Å². The fourth-order valence-corrected chi connectivity index (χ4v) is 3.26. The summed E-state index contributed by atoms with van der Waals surface area (Å²) >= 11 is 6.10. The quantitative estimate of drug-likeness (QED) is 0.693. The first-order valence-electron chi connectivity index (χ1n) is 9.08. The normalized spacial score (nSPS) is 14.5. The Labute approximate surface area is 159 Å². The fraction of sp³-hybridized carbons (Fsp3) is 0.400. The summed E-state index contributed by atoms with van der Waals surface area (Å²) in [4.78, 5) is 4.43. The molecule has 2 N–H and O–H groups in total. The van der Waals surface area contributed by atoms with Crippen molar-refractivity contribution in [3.05, 3.63) is 47.6 Å². The highest BCUT2D eigenvalue weighted by Gasteiger charge is 2.15. The molecule has 0 bridgehead atoms. The molecule has 0 saturated heterocycles. The van der Waals surface area contributed by atoms with Crippen LogP contribution in [0.15, 0.2) is 42.6 Å². The molecule has 0 radical (unpaired) electrons. The molecule has 0 unspecified atom stereocenters. The molecule has 1 fully saturated rings. The van der Waals surface area contributed by atoms with Gasteiger partial charge in [-0.1, -0.05) is 36.6 Å². The second-order valence-corrected chi connectivity index (χ2v) is 7.30. The van der Waals surface area contributed by atoms with E-state index in [0.29, 0.717) is 11.1 Å². The number of aliphatic hydroxyl groups excluding tert-OH is 1. The number of benzene rings is 1. The number of anilines is 1. The highest BCUT2D eigenvalue weighted by atomic mass is 35.5. The van der Waals surface area contributed by atoms with Crippen LogP contribution in [0.1, 0.15) is 39.5 Å². The smallest absolute Gasteiger partial charge is 0.154 e. The molecular weight excluding hydrogens is 348 g/mol. The zero-order valence-electron chi connectivity index (χ0n) is 15.2. The molecule has 1 aliphatic carbocycles. The third kappa shape index (κ3) is 4.74. The molecule has 3 aromatic rings. The monoisotopic (exact) mass is 372 g/mol. The van der Waals surface area contributed by atoms with Gasteiger partial charge in [-0.05, 0) is 51.0 Å². The number of rotatable bonds is 3. The molecular formula is C20H25ClN4O. The molecule has 2 heterocycles. The number of hydrogen-bond acceptors (Lipinski definition) is 4. The van der Waals surface area contributed by atoms with Gasteiger partial charge in [0.15, 0.2) is 5.65 Å². The van der Waals surface area contributed by atoms with Gasteiger partial charge in [-0.2, -0.15) is 0 Å². The minimum atomic E-state index is -0.167. The second kappa shape index (κ2) is 8.52. The number of aliphatic hydroxyl groups is 1. The van der Waals surface area contributed by atoms with Crippen molar-refractivity contribution < 1.29 is 5.11 Å². The highest BCUT2D eigenvalue weighted by molar-refractivity contribution is 6.30. The van der Waals surface area contributed by atoms with Crippen molar-refractivity contribution in [1.82, 2.24) is 14.6 Å². The van der Waals surface area contributed by atoms with Crippen LogP contribution in [0.3, 0.4) is 0 Å². The van der Waals surface area contributed by atoms with Crippen LogP contribution in [0.25, 0.3) is 16.9 Å². The van der Waals surface area contributed by atoms with Crippen molar-refractivity contribution in [2.75, 3.05) is 5.32 Å². The van der Waals surface area contributed by atoms with Gasteiger partial charge in [0.2, 0.25) is 0 Å². The first kappa shape index (κ1) is 18.7. The molecule has 1 saturated carbocycles. The summed E-state index contributed by atoms with van der Waals surface area (Å²) in [6.07, 6.45) is 6.74. The minimum absolute atomic E-state index is 0.167. The summed E-state index contributed by atoms with van der Waals surface area (Å²) in [6.45, 7) is 3.44. The van der Waals surface area contributed by atoms with E-state index in [1.807, 2.05) is 47.1 Å².